The minimum absolute atomic E-state index is 0.117. The summed E-state index contributed by atoms with van der Waals surface area (Å²) in [5.74, 6) is 0. The van der Waals surface area contributed by atoms with E-state index >= 15 is 0 Å². The van der Waals surface area contributed by atoms with Gasteiger partial charge in [-0.1, -0.05) is 6.07 Å². The zero-order valence-electron chi connectivity index (χ0n) is 15.4. The van der Waals surface area contributed by atoms with Crippen molar-refractivity contribution in [2.75, 3.05) is 12.9 Å². The lowest BCUT2D eigenvalue weighted by Gasteiger charge is -2.38. The Morgan fingerprint density at radius 2 is 2.00 bits per heavy atom. The minimum atomic E-state index is -4.38. The van der Waals surface area contributed by atoms with Crippen molar-refractivity contribution in [3.63, 3.8) is 0 Å². The highest BCUT2D eigenvalue weighted by Crippen LogP contribution is 2.46. The van der Waals surface area contributed by atoms with Crippen molar-refractivity contribution in [1.82, 2.24) is 4.98 Å². The van der Waals surface area contributed by atoms with Crippen LogP contribution in [0.1, 0.15) is 37.0 Å². The van der Waals surface area contributed by atoms with Crippen LogP contribution in [0.5, 0.6) is 0 Å². The summed E-state index contributed by atoms with van der Waals surface area (Å²) in [5.41, 5.74) is -0.0201. The molecule has 3 rings (SSSR count). The largest absolute Gasteiger partial charge is 0.416 e. The highest BCUT2D eigenvalue weighted by atomic mass is 32.2. The quantitative estimate of drug-likeness (QED) is 0.689. The molecule has 0 N–H and O–H groups in total. The molecule has 0 aliphatic carbocycles. The van der Waals surface area contributed by atoms with E-state index in [1.54, 1.807) is 18.3 Å². The average molecular weight is 432 g/mol. The van der Waals surface area contributed by atoms with Gasteiger partial charge in [0.15, 0.2) is 9.84 Å². The lowest BCUT2D eigenvalue weighted by atomic mass is 9.93. The fourth-order valence-corrected chi connectivity index (χ4v) is 5.04. The SMILES string of the molecule is CC1(Sc2cccc(C(F)(F)F)c2)CCOC(c2cncc(S(C)(=O)=O)c2)C1. The molecule has 9 heteroatoms. The van der Waals surface area contributed by atoms with Gasteiger partial charge in [-0.05, 0) is 44.0 Å². The van der Waals surface area contributed by atoms with Crippen molar-refractivity contribution in [3.8, 4) is 0 Å². The zero-order chi connectivity index (χ0) is 20.6. The third kappa shape index (κ3) is 5.07. The predicted octanol–water partition coefficient (Wildman–Crippen LogP) is 4.91. The molecule has 1 fully saturated rings. The van der Waals surface area contributed by atoms with E-state index in [9.17, 15) is 21.6 Å². The third-order valence-corrected chi connectivity index (χ3v) is 7.06. The van der Waals surface area contributed by atoms with Gasteiger partial charge in [-0.2, -0.15) is 13.2 Å². The highest BCUT2D eigenvalue weighted by Gasteiger charge is 2.36. The molecule has 0 saturated carbocycles. The Kier molecular flexibility index (Phi) is 5.80. The Morgan fingerprint density at radius 3 is 2.68 bits per heavy atom. The van der Waals surface area contributed by atoms with Crippen molar-refractivity contribution in [2.45, 2.75) is 46.6 Å². The Morgan fingerprint density at radius 1 is 1.25 bits per heavy atom. The molecule has 1 aromatic carbocycles. The first-order valence-electron chi connectivity index (χ1n) is 8.59. The summed E-state index contributed by atoms with van der Waals surface area (Å²) < 4.78 is 67.9. The molecule has 152 valence electrons. The van der Waals surface area contributed by atoms with E-state index in [1.165, 1.54) is 24.0 Å². The van der Waals surface area contributed by atoms with Crippen molar-refractivity contribution in [3.05, 3.63) is 53.9 Å². The van der Waals surface area contributed by atoms with Crippen LogP contribution in [0, 0.1) is 0 Å². The van der Waals surface area contributed by atoms with Gasteiger partial charge in [0.2, 0.25) is 0 Å². The number of halogens is 3. The molecule has 2 unspecified atom stereocenters. The molecule has 2 aromatic rings. The van der Waals surface area contributed by atoms with Crippen LogP contribution in [0.4, 0.5) is 13.2 Å². The number of benzene rings is 1. The summed E-state index contributed by atoms with van der Waals surface area (Å²) in [6, 6.07) is 6.84. The van der Waals surface area contributed by atoms with E-state index in [2.05, 4.69) is 4.98 Å². The normalized spacial score (nSPS) is 23.5. The van der Waals surface area contributed by atoms with E-state index < -0.39 is 21.6 Å². The molecule has 0 radical (unpaired) electrons. The van der Waals surface area contributed by atoms with Crippen LogP contribution in [0.25, 0.3) is 0 Å². The second-order valence-corrected chi connectivity index (χ2v) is 10.8. The minimum Gasteiger partial charge on any atom is -0.373 e. The number of aromatic nitrogens is 1. The molecule has 0 spiro atoms. The maximum Gasteiger partial charge on any atom is 0.416 e. The first-order valence-corrected chi connectivity index (χ1v) is 11.3. The number of alkyl halides is 3. The first kappa shape index (κ1) is 21.1. The van der Waals surface area contributed by atoms with Crippen LogP contribution in [-0.4, -0.2) is 31.0 Å². The Balaban J connectivity index is 1.81. The van der Waals surface area contributed by atoms with Gasteiger partial charge in [-0.3, -0.25) is 4.98 Å². The van der Waals surface area contributed by atoms with E-state index in [-0.39, 0.29) is 15.7 Å². The van der Waals surface area contributed by atoms with Crippen LogP contribution < -0.4 is 0 Å². The van der Waals surface area contributed by atoms with Gasteiger partial charge >= 0.3 is 6.18 Å². The molecular formula is C19H20F3NO3S2. The molecule has 1 saturated heterocycles. The maximum atomic E-state index is 13.0. The fourth-order valence-electron chi connectivity index (χ4n) is 3.11. The standard InChI is InChI=1S/C19H20F3NO3S2/c1-18(27-15-5-3-4-14(9-15)19(20,21)22)6-7-26-17(10-18)13-8-16(12-23-11-13)28(2,24)25/h3-5,8-9,11-12,17H,6-7,10H2,1-2H3. The second-order valence-electron chi connectivity index (χ2n) is 7.12. The number of rotatable bonds is 4. The Labute approximate surface area is 166 Å². The topological polar surface area (TPSA) is 56.3 Å². The second kappa shape index (κ2) is 7.68. The van der Waals surface area contributed by atoms with Crippen molar-refractivity contribution in [1.29, 1.82) is 0 Å². The van der Waals surface area contributed by atoms with Gasteiger partial charge in [0.1, 0.15) is 0 Å². The molecule has 0 amide bonds. The summed E-state index contributed by atoms with van der Waals surface area (Å²) >= 11 is 1.39. The molecular weight excluding hydrogens is 411 g/mol. The molecule has 28 heavy (non-hydrogen) atoms. The Hall–Kier alpha value is -1.58. The number of nitrogens with zero attached hydrogens (tertiary/aromatic N) is 1. The van der Waals surface area contributed by atoms with Crippen LogP contribution >= 0.6 is 11.8 Å². The van der Waals surface area contributed by atoms with Crippen LogP contribution in [0.15, 0.2) is 52.5 Å². The zero-order valence-corrected chi connectivity index (χ0v) is 17.0. The van der Waals surface area contributed by atoms with Crippen molar-refractivity contribution < 1.29 is 26.3 Å². The van der Waals surface area contributed by atoms with Crippen molar-refractivity contribution in [2.24, 2.45) is 0 Å². The van der Waals surface area contributed by atoms with E-state index in [4.69, 9.17) is 4.74 Å². The maximum absolute atomic E-state index is 13.0. The van der Waals surface area contributed by atoms with Gasteiger partial charge in [0, 0.05) is 40.5 Å². The first-order chi connectivity index (χ1) is 13.0. The average Bonchev–Trinajstić information content (AvgIpc) is 2.60. The van der Waals surface area contributed by atoms with E-state index in [1.807, 2.05) is 6.92 Å². The number of hydrogen-bond acceptors (Lipinski definition) is 5. The summed E-state index contributed by atoms with van der Waals surface area (Å²) in [4.78, 5) is 4.67. The van der Waals surface area contributed by atoms with Gasteiger partial charge in [-0.15, -0.1) is 11.8 Å². The molecule has 1 aromatic heterocycles. The Bertz CT molecular complexity index is 963. The van der Waals surface area contributed by atoms with Gasteiger partial charge in [-0.25, -0.2) is 8.42 Å². The smallest absolute Gasteiger partial charge is 0.373 e. The van der Waals surface area contributed by atoms with E-state index in [0.29, 0.717) is 29.9 Å². The monoisotopic (exact) mass is 431 g/mol. The molecule has 4 nitrogen and oxygen atoms in total. The van der Waals surface area contributed by atoms with Crippen LogP contribution in [-0.2, 0) is 20.8 Å². The predicted molar refractivity (Wildman–Crippen MR) is 101 cm³/mol. The molecule has 2 heterocycles. The highest BCUT2D eigenvalue weighted by molar-refractivity contribution is 8.00. The van der Waals surface area contributed by atoms with Gasteiger partial charge < -0.3 is 4.74 Å². The summed E-state index contributed by atoms with van der Waals surface area (Å²) in [6.45, 7) is 2.41. The summed E-state index contributed by atoms with van der Waals surface area (Å²) in [6.07, 6.45) is 0.424. The van der Waals surface area contributed by atoms with Crippen LogP contribution in [0.3, 0.4) is 0 Å². The van der Waals surface area contributed by atoms with Gasteiger partial charge in [0.25, 0.3) is 0 Å². The molecule has 2 atom stereocenters. The van der Waals surface area contributed by atoms with Crippen LogP contribution in [0.2, 0.25) is 0 Å². The third-order valence-electron chi connectivity index (χ3n) is 4.63. The molecule has 1 aliphatic heterocycles. The van der Waals surface area contributed by atoms with E-state index in [0.717, 1.165) is 18.4 Å². The number of pyridine rings is 1. The number of thioether (sulfide) groups is 1. The lowest BCUT2D eigenvalue weighted by molar-refractivity contribution is -0.137. The number of sulfone groups is 1. The van der Waals surface area contributed by atoms with Crippen molar-refractivity contribution >= 4 is 21.6 Å². The summed E-state index contributed by atoms with van der Waals surface area (Å²) in [5, 5.41) is 0. The van der Waals surface area contributed by atoms with Gasteiger partial charge in [0.05, 0.1) is 16.6 Å². The lowest BCUT2D eigenvalue weighted by Crippen LogP contribution is -2.32. The summed E-state index contributed by atoms with van der Waals surface area (Å²) in [7, 11) is -3.39. The molecule has 1 aliphatic rings. The number of ether oxygens (including phenoxy) is 1. The molecule has 0 bridgehead atoms. The fraction of sp³-hybridized carbons (Fsp3) is 0.421. The number of hydrogen-bond donors (Lipinski definition) is 0.